The second-order valence-corrected chi connectivity index (χ2v) is 7.54. The molecule has 0 N–H and O–H groups in total. The van der Waals surface area contributed by atoms with E-state index in [2.05, 4.69) is 9.88 Å². The molecule has 5 nitrogen and oxygen atoms in total. The van der Waals surface area contributed by atoms with E-state index in [-0.39, 0.29) is 30.4 Å². The van der Waals surface area contributed by atoms with Crippen molar-refractivity contribution in [2.24, 2.45) is 0 Å². The summed E-state index contributed by atoms with van der Waals surface area (Å²) >= 11 is 1.48. The molecule has 140 valence electrons. The molecule has 1 fully saturated rings. The van der Waals surface area contributed by atoms with E-state index in [1.807, 2.05) is 19.2 Å². The third-order valence-corrected chi connectivity index (χ3v) is 4.94. The number of nitrogens with zero attached hydrogens (tertiary/aromatic N) is 2. The average molecular weight is 378 g/mol. The molecule has 0 bridgehead atoms. The number of hydrogen-bond donors (Lipinski definition) is 0. The predicted molar refractivity (Wildman–Crippen MR) is 97.4 cm³/mol. The Morgan fingerprint density at radius 3 is 2.92 bits per heavy atom. The molecule has 0 aliphatic carbocycles. The number of aromatic nitrogens is 1. The molecule has 1 aliphatic rings. The molecule has 1 saturated heterocycles. The van der Waals surface area contributed by atoms with Gasteiger partial charge in [0.1, 0.15) is 10.8 Å². The summed E-state index contributed by atoms with van der Waals surface area (Å²) in [4.78, 5) is 18.6. The number of benzene rings is 1. The number of carbonyl (C=O) groups is 1. The lowest BCUT2D eigenvalue weighted by Gasteiger charge is -2.32. The van der Waals surface area contributed by atoms with E-state index in [1.165, 1.54) is 23.5 Å². The van der Waals surface area contributed by atoms with E-state index in [0.717, 1.165) is 29.4 Å². The van der Waals surface area contributed by atoms with Crippen molar-refractivity contribution in [3.63, 3.8) is 0 Å². The molecule has 1 aromatic heterocycles. The molecule has 1 aromatic carbocycles. The third kappa shape index (κ3) is 5.33. The maximum Gasteiger partial charge on any atom is 0.312 e. The molecule has 0 radical (unpaired) electrons. The summed E-state index contributed by atoms with van der Waals surface area (Å²) in [6.45, 7) is 6.55. The van der Waals surface area contributed by atoms with Gasteiger partial charge in [0.25, 0.3) is 0 Å². The first-order chi connectivity index (χ1) is 12.5. The van der Waals surface area contributed by atoms with Gasteiger partial charge < -0.3 is 9.47 Å². The number of rotatable bonds is 6. The molecule has 2 heterocycles. The highest BCUT2D eigenvalue weighted by Crippen LogP contribution is 2.24. The molecule has 3 rings (SSSR count). The summed E-state index contributed by atoms with van der Waals surface area (Å²) < 4.78 is 24.1. The number of carbonyl (C=O) groups excluding carboxylic acids is 1. The van der Waals surface area contributed by atoms with Gasteiger partial charge in [-0.25, -0.2) is 9.37 Å². The molecule has 1 aliphatic heterocycles. The zero-order valence-electron chi connectivity index (χ0n) is 15.0. The number of hydrogen-bond acceptors (Lipinski definition) is 6. The fourth-order valence-corrected chi connectivity index (χ4v) is 3.66. The van der Waals surface area contributed by atoms with Gasteiger partial charge in [0.15, 0.2) is 0 Å². The van der Waals surface area contributed by atoms with Crippen LogP contribution in [-0.4, -0.2) is 41.7 Å². The van der Waals surface area contributed by atoms with Crippen LogP contribution in [0.1, 0.15) is 36.2 Å². The molecule has 0 amide bonds. The lowest BCUT2D eigenvalue weighted by atomic mass is 10.1. The van der Waals surface area contributed by atoms with Crippen LogP contribution in [0.2, 0.25) is 0 Å². The molecule has 0 saturated carbocycles. The van der Waals surface area contributed by atoms with Gasteiger partial charge in [-0.1, -0.05) is 12.1 Å². The van der Waals surface area contributed by atoms with E-state index < -0.39 is 0 Å². The number of ether oxygens (including phenoxy) is 2. The highest BCUT2D eigenvalue weighted by atomic mass is 32.1. The van der Waals surface area contributed by atoms with Gasteiger partial charge in [0.05, 0.1) is 30.9 Å². The van der Waals surface area contributed by atoms with Crippen molar-refractivity contribution in [1.29, 1.82) is 0 Å². The Morgan fingerprint density at radius 1 is 1.42 bits per heavy atom. The molecule has 0 spiro atoms. The van der Waals surface area contributed by atoms with Crippen LogP contribution in [0.5, 0.6) is 0 Å². The minimum absolute atomic E-state index is 0.0662. The largest absolute Gasteiger partial charge is 0.463 e. The van der Waals surface area contributed by atoms with Crippen LogP contribution >= 0.6 is 11.3 Å². The Kier molecular flexibility index (Phi) is 6.34. The fourth-order valence-electron chi connectivity index (χ4n) is 2.89. The fraction of sp³-hybridized carbons (Fsp3) is 0.474. The van der Waals surface area contributed by atoms with Crippen LogP contribution in [0.4, 0.5) is 4.39 Å². The molecular weight excluding hydrogens is 355 g/mol. The van der Waals surface area contributed by atoms with Crippen LogP contribution in [0.15, 0.2) is 29.6 Å². The topological polar surface area (TPSA) is 51.7 Å². The van der Waals surface area contributed by atoms with Gasteiger partial charge in [-0.15, -0.1) is 11.3 Å². The summed E-state index contributed by atoms with van der Waals surface area (Å²) in [7, 11) is 0. The monoisotopic (exact) mass is 378 g/mol. The zero-order chi connectivity index (χ0) is 18.5. The minimum atomic E-state index is -0.247. The molecular formula is C19H23FN2O3S. The van der Waals surface area contributed by atoms with Gasteiger partial charge in [-0.05, 0) is 31.5 Å². The lowest BCUT2D eigenvalue weighted by Crippen LogP contribution is -2.37. The van der Waals surface area contributed by atoms with Crippen molar-refractivity contribution in [2.75, 3.05) is 19.7 Å². The standard InChI is InChI=1S/C19H23FN2O3S/c1-13(2)25-19(23)9-18-21-16(12-26-18)10-22-7-8-24-17(11-22)14-3-5-15(20)6-4-14/h3-6,12-13,17H,7-11H2,1-2H3/t17-/m1/s1. The second-order valence-electron chi connectivity index (χ2n) is 6.59. The van der Waals surface area contributed by atoms with E-state index >= 15 is 0 Å². The van der Waals surface area contributed by atoms with E-state index in [4.69, 9.17) is 9.47 Å². The number of esters is 1. The average Bonchev–Trinajstić information content (AvgIpc) is 3.01. The molecule has 26 heavy (non-hydrogen) atoms. The van der Waals surface area contributed by atoms with E-state index in [9.17, 15) is 9.18 Å². The Labute approximate surface area is 156 Å². The smallest absolute Gasteiger partial charge is 0.312 e. The van der Waals surface area contributed by atoms with Crippen molar-refractivity contribution < 1.29 is 18.7 Å². The molecule has 2 aromatic rings. The van der Waals surface area contributed by atoms with Gasteiger partial charge in [-0.3, -0.25) is 9.69 Å². The van der Waals surface area contributed by atoms with Crippen LogP contribution < -0.4 is 0 Å². The Balaban J connectivity index is 1.55. The minimum Gasteiger partial charge on any atom is -0.463 e. The van der Waals surface area contributed by atoms with Gasteiger partial charge in [0, 0.05) is 25.0 Å². The summed E-state index contributed by atoms with van der Waals surface area (Å²) in [5.41, 5.74) is 1.92. The summed E-state index contributed by atoms with van der Waals surface area (Å²) in [6, 6.07) is 6.46. The van der Waals surface area contributed by atoms with Crippen molar-refractivity contribution in [1.82, 2.24) is 9.88 Å². The van der Waals surface area contributed by atoms with Crippen molar-refractivity contribution in [2.45, 2.75) is 39.0 Å². The highest BCUT2D eigenvalue weighted by molar-refractivity contribution is 7.09. The summed E-state index contributed by atoms with van der Waals surface area (Å²) in [6.07, 6.45) is 0.0339. The van der Waals surface area contributed by atoms with Gasteiger partial charge >= 0.3 is 5.97 Å². The Bertz CT molecular complexity index is 733. The Hall–Kier alpha value is -1.83. The zero-order valence-corrected chi connectivity index (χ0v) is 15.8. The first kappa shape index (κ1) is 18.9. The maximum absolute atomic E-state index is 13.1. The summed E-state index contributed by atoms with van der Waals surface area (Å²) in [5, 5.41) is 2.76. The maximum atomic E-state index is 13.1. The molecule has 7 heteroatoms. The third-order valence-electron chi connectivity index (χ3n) is 4.04. The van der Waals surface area contributed by atoms with Crippen molar-refractivity contribution in [3.8, 4) is 0 Å². The van der Waals surface area contributed by atoms with Crippen LogP contribution in [-0.2, 0) is 27.2 Å². The van der Waals surface area contributed by atoms with E-state index in [0.29, 0.717) is 13.2 Å². The SMILES string of the molecule is CC(C)OC(=O)Cc1nc(CN2CCO[C@@H](c3ccc(F)cc3)C2)cs1. The highest BCUT2D eigenvalue weighted by Gasteiger charge is 2.23. The quantitative estimate of drug-likeness (QED) is 0.722. The molecule has 0 unspecified atom stereocenters. The van der Waals surface area contributed by atoms with Gasteiger partial charge in [-0.2, -0.15) is 0 Å². The second kappa shape index (κ2) is 8.70. The van der Waals surface area contributed by atoms with Crippen molar-refractivity contribution >= 4 is 17.3 Å². The number of halogens is 1. The van der Waals surface area contributed by atoms with Crippen LogP contribution in [0, 0.1) is 5.82 Å². The van der Waals surface area contributed by atoms with E-state index in [1.54, 1.807) is 12.1 Å². The predicted octanol–water partition coefficient (Wildman–Crippen LogP) is 3.35. The number of morpholine rings is 1. The summed E-state index contributed by atoms with van der Waals surface area (Å²) in [5.74, 6) is -0.490. The van der Waals surface area contributed by atoms with Gasteiger partial charge in [0.2, 0.25) is 0 Å². The van der Waals surface area contributed by atoms with Crippen LogP contribution in [0.3, 0.4) is 0 Å². The lowest BCUT2D eigenvalue weighted by molar-refractivity contribution is -0.146. The molecule has 1 atom stereocenters. The first-order valence-corrected chi connectivity index (χ1v) is 9.60. The first-order valence-electron chi connectivity index (χ1n) is 8.72. The Morgan fingerprint density at radius 2 is 2.19 bits per heavy atom. The van der Waals surface area contributed by atoms with Crippen LogP contribution in [0.25, 0.3) is 0 Å². The van der Waals surface area contributed by atoms with Crippen molar-refractivity contribution in [3.05, 3.63) is 51.7 Å². The normalized spacial score (nSPS) is 18.2. The number of thiazole rings is 1.